The number of amides is 1. The van der Waals surface area contributed by atoms with Gasteiger partial charge in [-0.05, 0) is 56.7 Å². The molecule has 1 aromatic carbocycles. The summed E-state index contributed by atoms with van der Waals surface area (Å²) in [6.45, 7) is 7.16. The Kier molecular flexibility index (Phi) is 12.2. The fourth-order valence-electron chi connectivity index (χ4n) is 2.86. The number of nitrogens with zero attached hydrogens (tertiary/aromatic N) is 2. The molecule has 0 aliphatic heterocycles. The standard InChI is InChI=1S/C22H29N3O4.C2HF3O2/c1-16(2)25(11-7-21(26)28-4)22(27)18-13-17(3)14-20(15-18)29-12-10-24-19-5-8-23-9-6-19;3-2(4,5)1(6)7/h5-6,8-9,13-16H,7,10-12H2,1-4H3,(H,23,24);(H,6,7). The highest BCUT2D eigenvalue weighted by atomic mass is 19.4. The molecule has 0 spiro atoms. The topological polar surface area (TPSA) is 118 Å². The van der Waals surface area contributed by atoms with E-state index in [0.717, 1.165) is 11.3 Å². The van der Waals surface area contributed by atoms with Gasteiger partial charge >= 0.3 is 18.1 Å². The van der Waals surface area contributed by atoms with E-state index in [1.807, 2.05) is 45.0 Å². The van der Waals surface area contributed by atoms with Crippen LogP contribution in [0.4, 0.5) is 18.9 Å². The molecule has 0 aliphatic carbocycles. The number of benzene rings is 1. The summed E-state index contributed by atoms with van der Waals surface area (Å²) in [4.78, 5) is 39.0. The highest BCUT2D eigenvalue weighted by Crippen LogP contribution is 2.20. The van der Waals surface area contributed by atoms with Gasteiger partial charge in [0.15, 0.2) is 0 Å². The van der Waals surface area contributed by atoms with Gasteiger partial charge in [0.25, 0.3) is 5.91 Å². The maximum absolute atomic E-state index is 13.0. The van der Waals surface area contributed by atoms with Crippen molar-refractivity contribution in [2.24, 2.45) is 0 Å². The molecule has 0 saturated heterocycles. The van der Waals surface area contributed by atoms with E-state index in [1.54, 1.807) is 23.4 Å². The second-order valence-corrected chi connectivity index (χ2v) is 7.77. The minimum absolute atomic E-state index is 0.0402. The summed E-state index contributed by atoms with van der Waals surface area (Å²) < 4.78 is 42.3. The first-order valence-corrected chi connectivity index (χ1v) is 10.9. The highest BCUT2D eigenvalue weighted by Gasteiger charge is 2.38. The monoisotopic (exact) mass is 513 g/mol. The Morgan fingerprint density at radius 3 is 2.28 bits per heavy atom. The molecular weight excluding hydrogens is 483 g/mol. The SMILES string of the molecule is COC(=O)CCN(C(=O)c1cc(C)cc(OCCNc2ccncc2)c1)C(C)C.O=C(O)C(F)(F)F. The Morgan fingerprint density at radius 1 is 1.14 bits per heavy atom. The number of carbonyl (C=O) groups excluding carboxylic acids is 2. The third kappa shape index (κ3) is 11.1. The van der Waals surface area contributed by atoms with Crippen molar-refractivity contribution in [3.8, 4) is 5.75 Å². The quantitative estimate of drug-likeness (QED) is 0.363. The average Bonchev–Trinajstić information content (AvgIpc) is 2.81. The van der Waals surface area contributed by atoms with E-state index in [1.165, 1.54) is 7.11 Å². The Morgan fingerprint density at radius 2 is 1.75 bits per heavy atom. The number of halogens is 3. The number of hydrogen-bond donors (Lipinski definition) is 2. The lowest BCUT2D eigenvalue weighted by molar-refractivity contribution is -0.192. The second kappa shape index (κ2) is 14.5. The third-order valence-electron chi connectivity index (χ3n) is 4.59. The number of ether oxygens (including phenoxy) is 2. The van der Waals surface area contributed by atoms with Crippen LogP contribution in [0.25, 0.3) is 0 Å². The number of carboxylic acids is 1. The Bertz CT molecular complexity index is 1000. The summed E-state index contributed by atoms with van der Waals surface area (Å²) in [6, 6.07) is 9.21. The van der Waals surface area contributed by atoms with E-state index in [4.69, 9.17) is 14.6 Å². The number of anilines is 1. The van der Waals surface area contributed by atoms with Crippen LogP contribution < -0.4 is 10.1 Å². The number of aliphatic carboxylic acids is 1. The molecule has 36 heavy (non-hydrogen) atoms. The van der Waals surface area contributed by atoms with Crippen LogP contribution in [0.3, 0.4) is 0 Å². The molecule has 12 heteroatoms. The van der Waals surface area contributed by atoms with Gasteiger partial charge in [-0.15, -0.1) is 0 Å². The molecule has 2 rings (SSSR count). The van der Waals surface area contributed by atoms with Gasteiger partial charge in [0.1, 0.15) is 12.4 Å². The van der Waals surface area contributed by atoms with Crippen molar-refractivity contribution in [1.82, 2.24) is 9.88 Å². The van der Waals surface area contributed by atoms with Crippen LogP contribution in [0.15, 0.2) is 42.7 Å². The van der Waals surface area contributed by atoms with Gasteiger partial charge < -0.3 is 24.8 Å². The number of alkyl halides is 3. The number of esters is 1. The van der Waals surface area contributed by atoms with Crippen LogP contribution in [-0.2, 0) is 14.3 Å². The largest absolute Gasteiger partial charge is 0.492 e. The molecule has 0 bridgehead atoms. The van der Waals surface area contributed by atoms with Crippen LogP contribution in [0, 0.1) is 6.92 Å². The van der Waals surface area contributed by atoms with Crippen molar-refractivity contribution in [3.63, 3.8) is 0 Å². The van der Waals surface area contributed by atoms with Crippen molar-refractivity contribution < 1.29 is 42.1 Å². The molecule has 0 unspecified atom stereocenters. The van der Waals surface area contributed by atoms with Crippen molar-refractivity contribution >= 4 is 23.5 Å². The van der Waals surface area contributed by atoms with Crippen LogP contribution >= 0.6 is 0 Å². The number of nitrogens with one attached hydrogen (secondary N) is 1. The zero-order valence-corrected chi connectivity index (χ0v) is 20.5. The van der Waals surface area contributed by atoms with Gasteiger partial charge in [0.2, 0.25) is 0 Å². The minimum Gasteiger partial charge on any atom is -0.492 e. The molecule has 1 aromatic heterocycles. The molecule has 2 N–H and O–H groups in total. The first-order chi connectivity index (χ1) is 16.8. The number of aromatic nitrogens is 1. The molecule has 0 aliphatic rings. The summed E-state index contributed by atoms with van der Waals surface area (Å²) >= 11 is 0. The summed E-state index contributed by atoms with van der Waals surface area (Å²) in [5, 5.41) is 10.4. The Labute approximate surface area is 207 Å². The molecule has 2 aromatic rings. The molecular formula is C24H30F3N3O6. The minimum atomic E-state index is -5.08. The van der Waals surface area contributed by atoms with E-state index in [9.17, 15) is 22.8 Å². The van der Waals surface area contributed by atoms with Gasteiger partial charge in [-0.2, -0.15) is 13.2 Å². The van der Waals surface area contributed by atoms with E-state index in [2.05, 4.69) is 15.0 Å². The maximum atomic E-state index is 13.0. The number of carboxylic acid groups (broad SMARTS) is 1. The zero-order chi connectivity index (χ0) is 27.3. The molecule has 1 heterocycles. The Balaban J connectivity index is 0.000000809. The number of methoxy groups -OCH3 is 1. The summed E-state index contributed by atoms with van der Waals surface area (Å²) in [7, 11) is 1.34. The molecule has 9 nitrogen and oxygen atoms in total. The van der Waals surface area contributed by atoms with Gasteiger partial charge in [-0.1, -0.05) is 0 Å². The number of rotatable bonds is 10. The fraction of sp³-hybridized carbons (Fsp3) is 0.417. The second-order valence-electron chi connectivity index (χ2n) is 7.77. The van der Waals surface area contributed by atoms with Crippen molar-refractivity contribution in [1.29, 1.82) is 0 Å². The van der Waals surface area contributed by atoms with E-state index < -0.39 is 12.1 Å². The number of aryl methyl sites for hydroxylation is 1. The highest BCUT2D eigenvalue weighted by molar-refractivity contribution is 5.95. The predicted molar refractivity (Wildman–Crippen MR) is 126 cm³/mol. The van der Waals surface area contributed by atoms with Crippen molar-refractivity contribution in [2.45, 2.75) is 39.4 Å². The van der Waals surface area contributed by atoms with Crippen molar-refractivity contribution in [2.75, 3.05) is 32.1 Å². The lowest BCUT2D eigenvalue weighted by Gasteiger charge is -2.26. The maximum Gasteiger partial charge on any atom is 0.490 e. The van der Waals surface area contributed by atoms with Gasteiger partial charge in [-0.3, -0.25) is 14.6 Å². The summed E-state index contributed by atoms with van der Waals surface area (Å²) in [5.74, 6) is -2.58. The number of pyridine rings is 1. The van der Waals surface area contributed by atoms with E-state index >= 15 is 0 Å². The lowest BCUT2D eigenvalue weighted by atomic mass is 10.1. The number of hydrogen-bond acceptors (Lipinski definition) is 7. The first-order valence-electron chi connectivity index (χ1n) is 10.9. The summed E-state index contributed by atoms with van der Waals surface area (Å²) in [6.07, 6.45) is -1.47. The molecule has 0 radical (unpaired) electrons. The molecule has 198 valence electrons. The first kappa shape index (κ1) is 30.2. The molecule has 0 fully saturated rings. The molecule has 1 amide bonds. The fourth-order valence-corrected chi connectivity index (χ4v) is 2.86. The van der Waals surface area contributed by atoms with Crippen LogP contribution in [-0.4, -0.2) is 71.9 Å². The van der Waals surface area contributed by atoms with E-state index in [0.29, 0.717) is 31.0 Å². The van der Waals surface area contributed by atoms with Gasteiger partial charge in [0.05, 0.1) is 13.5 Å². The third-order valence-corrected chi connectivity index (χ3v) is 4.59. The van der Waals surface area contributed by atoms with Crippen LogP contribution in [0.1, 0.15) is 36.2 Å². The van der Waals surface area contributed by atoms with Gasteiger partial charge in [-0.25, -0.2) is 4.79 Å². The average molecular weight is 514 g/mol. The van der Waals surface area contributed by atoms with Gasteiger partial charge in [0, 0.05) is 42.8 Å². The molecule has 0 atom stereocenters. The summed E-state index contributed by atoms with van der Waals surface area (Å²) in [5.41, 5.74) is 2.45. The smallest absolute Gasteiger partial charge is 0.490 e. The number of carbonyl (C=O) groups is 3. The normalized spacial score (nSPS) is 10.7. The lowest BCUT2D eigenvalue weighted by Crippen LogP contribution is -2.38. The molecule has 0 saturated carbocycles. The predicted octanol–water partition coefficient (Wildman–Crippen LogP) is 3.93. The van der Waals surface area contributed by atoms with Crippen LogP contribution in [0.2, 0.25) is 0 Å². The van der Waals surface area contributed by atoms with Crippen LogP contribution in [0.5, 0.6) is 5.75 Å². The van der Waals surface area contributed by atoms with E-state index in [-0.39, 0.29) is 24.3 Å². The Hall–Kier alpha value is -3.83. The zero-order valence-electron chi connectivity index (χ0n) is 20.5. The van der Waals surface area contributed by atoms with Crippen molar-refractivity contribution in [3.05, 3.63) is 53.9 Å².